The third kappa shape index (κ3) is 4.88. The first-order valence-electron chi connectivity index (χ1n) is 11.1. The number of hydrogen-bond acceptors (Lipinski definition) is 6. The fourth-order valence-corrected chi connectivity index (χ4v) is 6.00. The van der Waals surface area contributed by atoms with Crippen LogP contribution in [0.25, 0.3) is 22.2 Å². The summed E-state index contributed by atoms with van der Waals surface area (Å²) in [4.78, 5) is 3.99. The SMILES string of the molecule is C[C@@H](Oc1ccc2[nH]nc(-c3cnn(C4CCN(S(C)(=O)=O)CC4)c3)c2c1)c1c(Cl)cncc1Cl. The molecule has 1 fully saturated rings. The van der Waals surface area contributed by atoms with Crippen LogP contribution in [-0.4, -0.2) is 57.0 Å². The van der Waals surface area contributed by atoms with Gasteiger partial charge >= 0.3 is 0 Å². The molecule has 0 spiro atoms. The van der Waals surface area contributed by atoms with Gasteiger partial charge in [0.25, 0.3) is 0 Å². The Labute approximate surface area is 213 Å². The molecule has 1 aliphatic rings. The van der Waals surface area contributed by atoms with Crippen molar-refractivity contribution in [3.05, 3.63) is 58.6 Å². The summed E-state index contributed by atoms with van der Waals surface area (Å²) in [6.45, 7) is 2.87. The molecule has 0 radical (unpaired) electrons. The van der Waals surface area contributed by atoms with Gasteiger partial charge in [0, 0.05) is 48.2 Å². The fourth-order valence-electron chi connectivity index (χ4n) is 4.46. The van der Waals surface area contributed by atoms with Crippen molar-refractivity contribution < 1.29 is 13.2 Å². The molecule has 12 heteroatoms. The van der Waals surface area contributed by atoms with Crippen LogP contribution in [0.15, 0.2) is 43.0 Å². The van der Waals surface area contributed by atoms with Gasteiger partial charge < -0.3 is 4.74 Å². The van der Waals surface area contributed by atoms with Gasteiger partial charge in [-0.3, -0.25) is 14.8 Å². The number of benzene rings is 1. The number of rotatable bonds is 6. The molecule has 35 heavy (non-hydrogen) atoms. The Morgan fingerprint density at radius 1 is 1.14 bits per heavy atom. The van der Waals surface area contributed by atoms with Gasteiger partial charge in [0.1, 0.15) is 17.5 Å². The van der Waals surface area contributed by atoms with Gasteiger partial charge in [-0.1, -0.05) is 23.2 Å². The summed E-state index contributed by atoms with van der Waals surface area (Å²) in [5.41, 5.74) is 3.18. The van der Waals surface area contributed by atoms with Gasteiger partial charge in [0.15, 0.2) is 0 Å². The van der Waals surface area contributed by atoms with E-state index in [0.29, 0.717) is 47.3 Å². The van der Waals surface area contributed by atoms with Crippen molar-refractivity contribution in [2.45, 2.75) is 31.9 Å². The Hall–Kier alpha value is -2.66. The van der Waals surface area contributed by atoms with Crippen molar-refractivity contribution in [2.75, 3.05) is 19.3 Å². The monoisotopic (exact) mass is 534 g/mol. The van der Waals surface area contributed by atoms with Crippen LogP contribution in [0.5, 0.6) is 5.75 Å². The summed E-state index contributed by atoms with van der Waals surface area (Å²) < 4.78 is 33.2. The maximum absolute atomic E-state index is 11.8. The van der Waals surface area contributed by atoms with Crippen molar-refractivity contribution >= 4 is 44.1 Å². The molecule has 5 rings (SSSR count). The van der Waals surface area contributed by atoms with Gasteiger partial charge in [-0.25, -0.2) is 12.7 Å². The summed E-state index contributed by atoms with van der Waals surface area (Å²) in [6, 6.07) is 5.84. The average molecular weight is 535 g/mol. The van der Waals surface area contributed by atoms with E-state index in [-0.39, 0.29) is 12.1 Å². The van der Waals surface area contributed by atoms with E-state index < -0.39 is 10.0 Å². The number of aromatic amines is 1. The first-order chi connectivity index (χ1) is 16.7. The number of ether oxygens (including phenoxy) is 1. The standard InChI is InChI=1S/C23H24Cl2N6O3S/c1-14(22-19(24)11-26-12-20(22)25)34-17-3-4-21-18(9-17)23(29-28-21)15-10-27-31(13-15)16-5-7-30(8-6-16)35(2,32)33/h3-4,9-14,16H,5-8H2,1-2H3,(H,28,29)/t14-/m1/s1. The Bertz CT molecular complexity index is 1460. The number of fused-ring (bicyclic) bond motifs is 1. The van der Waals surface area contributed by atoms with Gasteiger partial charge in [-0.2, -0.15) is 10.2 Å². The van der Waals surface area contributed by atoms with Gasteiger partial charge in [0.2, 0.25) is 10.0 Å². The normalized spacial score (nSPS) is 16.6. The molecule has 0 bridgehead atoms. The molecule has 1 saturated heterocycles. The Balaban J connectivity index is 1.37. The number of hydrogen-bond donors (Lipinski definition) is 1. The number of piperidine rings is 1. The highest BCUT2D eigenvalue weighted by Gasteiger charge is 2.26. The van der Waals surface area contributed by atoms with E-state index in [9.17, 15) is 8.42 Å². The van der Waals surface area contributed by atoms with Crippen LogP contribution in [0.1, 0.15) is 37.5 Å². The van der Waals surface area contributed by atoms with Crippen molar-refractivity contribution in [3.8, 4) is 17.0 Å². The number of nitrogens with one attached hydrogen (secondary N) is 1. The minimum absolute atomic E-state index is 0.140. The number of H-pyrrole nitrogens is 1. The van der Waals surface area contributed by atoms with Crippen LogP contribution in [0.4, 0.5) is 0 Å². The van der Waals surface area contributed by atoms with E-state index in [1.165, 1.54) is 10.6 Å². The molecular formula is C23H24Cl2N6O3S. The zero-order valence-corrected chi connectivity index (χ0v) is 21.5. The average Bonchev–Trinajstić information content (AvgIpc) is 3.45. The van der Waals surface area contributed by atoms with E-state index in [2.05, 4.69) is 20.3 Å². The molecule has 1 aliphatic heterocycles. The molecule has 184 valence electrons. The lowest BCUT2D eigenvalue weighted by Gasteiger charge is -2.30. The van der Waals surface area contributed by atoms with Crippen LogP contribution in [0.2, 0.25) is 10.0 Å². The smallest absolute Gasteiger partial charge is 0.211 e. The van der Waals surface area contributed by atoms with E-state index >= 15 is 0 Å². The second kappa shape index (κ2) is 9.42. The van der Waals surface area contributed by atoms with Crippen LogP contribution in [0, 0.1) is 0 Å². The highest BCUT2D eigenvalue weighted by Crippen LogP contribution is 2.35. The minimum atomic E-state index is -3.16. The number of nitrogens with zero attached hydrogens (tertiary/aromatic N) is 5. The van der Waals surface area contributed by atoms with Crippen LogP contribution in [0.3, 0.4) is 0 Å². The molecule has 0 amide bonds. The molecule has 1 aromatic carbocycles. The predicted octanol–water partition coefficient (Wildman–Crippen LogP) is 4.86. The Kier molecular flexibility index (Phi) is 6.47. The molecule has 0 aliphatic carbocycles. The largest absolute Gasteiger partial charge is 0.486 e. The van der Waals surface area contributed by atoms with Crippen LogP contribution in [-0.2, 0) is 10.0 Å². The van der Waals surface area contributed by atoms with Crippen LogP contribution < -0.4 is 4.74 Å². The van der Waals surface area contributed by atoms with E-state index in [4.69, 9.17) is 27.9 Å². The van der Waals surface area contributed by atoms with Crippen molar-refractivity contribution in [1.82, 2.24) is 29.3 Å². The zero-order valence-electron chi connectivity index (χ0n) is 19.1. The molecular weight excluding hydrogens is 511 g/mol. The summed E-state index contributed by atoms with van der Waals surface area (Å²) in [7, 11) is -3.16. The predicted molar refractivity (Wildman–Crippen MR) is 135 cm³/mol. The Morgan fingerprint density at radius 3 is 2.54 bits per heavy atom. The van der Waals surface area contributed by atoms with Gasteiger partial charge in [-0.05, 0) is 38.0 Å². The zero-order chi connectivity index (χ0) is 24.7. The van der Waals surface area contributed by atoms with E-state index in [0.717, 1.165) is 22.2 Å². The summed E-state index contributed by atoms with van der Waals surface area (Å²) in [5, 5.41) is 13.9. The number of pyridine rings is 1. The number of aromatic nitrogens is 5. The van der Waals surface area contributed by atoms with Crippen molar-refractivity contribution in [3.63, 3.8) is 0 Å². The van der Waals surface area contributed by atoms with Crippen LogP contribution >= 0.6 is 23.2 Å². The van der Waals surface area contributed by atoms with E-state index in [1.807, 2.05) is 36.0 Å². The fraction of sp³-hybridized carbons (Fsp3) is 0.348. The lowest BCUT2D eigenvalue weighted by atomic mass is 10.1. The molecule has 4 aromatic rings. The third-order valence-electron chi connectivity index (χ3n) is 6.29. The first kappa shape index (κ1) is 24.1. The molecule has 0 saturated carbocycles. The second-order valence-electron chi connectivity index (χ2n) is 8.66. The summed E-state index contributed by atoms with van der Waals surface area (Å²) in [6.07, 6.45) is 9.13. The van der Waals surface area contributed by atoms with Crippen molar-refractivity contribution in [1.29, 1.82) is 0 Å². The number of sulfonamides is 1. The Morgan fingerprint density at radius 2 is 1.86 bits per heavy atom. The first-order valence-corrected chi connectivity index (χ1v) is 13.7. The molecule has 1 N–H and O–H groups in total. The highest BCUT2D eigenvalue weighted by molar-refractivity contribution is 7.88. The second-order valence-corrected chi connectivity index (χ2v) is 11.5. The van der Waals surface area contributed by atoms with Gasteiger partial charge in [0.05, 0.1) is 34.1 Å². The third-order valence-corrected chi connectivity index (χ3v) is 8.19. The number of halogens is 2. The molecule has 0 unspecified atom stereocenters. The van der Waals surface area contributed by atoms with Gasteiger partial charge in [-0.15, -0.1) is 0 Å². The van der Waals surface area contributed by atoms with E-state index in [1.54, 1.807) is 18.6 Å². The van der Waals surface area contributed by atoms with Crippen molar-refractivity contribution in [2.24, 2.45) is 0 Å². The molecule has 4 heterocycles. The maximum atomic E-state index is 11.8. The maximum Gasteiger partial charge on any atom is 0.211 e. The summed E-state index contributed by atoms with van der Waals surface area (Å²) in [5.74, 6) is 0.650. The quantitative estimate of drug-likeness (QED) is 0.378. The lowest BCUT2D eigenvalue weighted by molar-refractivity contribution is 0.227. The minimum Gasteiger partial charge on any atom is -0.486 e. The highest BCUT2D eigenvalue weighted by atomic mass is 35.5. The molecule has 1 atom stereocenters. The lowest BCUT2D eigenvalue weighted by Crippen LogP contribution is -2.38. The molecule has 9 nitrogen and oxygen atoms in total. The topological polar surface area (TPSA) is 106 Å². The summed E-state index contributed by atoms with van der Waals surface area (Å²) >= 11 is 12.6. The molecule has 3 aromatic heterocycles.